The van der Waals surface area contributed by atoms with Gasteiger partial charge in [0.15, 0.2) is 0 Å². The van der Waals surface area contributed by atoms with Crippen LogP contribution in [0.25, 0.3) is 0 Å². The Labute approximate surface area is 173 Å². The van der Waals surface area contributed by atoms with E-state index >= 15 is 0 Å². The van der Waals surface area contributed by atoms with Crippen molar-refractivity contribution in [3.63, 3.8) is 0 Å². The van der Waals surface area contributed by atoms with Gasteiger partial charge in [0, 0.05) is 5.56 Å². The Bertz CT molecular complexity index is 834. The van der Waals surface area contributed by atoms with E-state index < -0.39 is 29.6 Å². The average molecular weight is 422 g/mol. The van der Waals surface area contributed by atoms with Crippen molar-refractivity contribution < 1.29 is 27.5 Å². The lowest BCUT2D eigenvalue weighted by atomic mass is 10.1. The van der Waals surface area contributed by atoms with E-state index in [9.17, 15) is 22.8 Å². The molecule has 162 valence electrons. The van der Waals surface area contributed by atoms with Gasteiger partial charge in [0.05, 0.1) is 24.8 Å². The zero-order valence-electron chi connectivity index (χ0n) is 16.9. The summed E-state index contributed by atoms with van der Waals surface area (Å²) in [4.78, 5) is 24.2. The zero-order chi connectivity index (χ0) is 22.1. The Morgan fingerprint density at radius 3 is 2.23 bits per heavy atom. The fourth-order valence-electron chi connectivity index (χ4n) is 2.64. The van der Waals surface area contributed by atoms with Crippen LogP contribution in [0.15, 0.2) is 48.5 Å². The van der Waals surface area contributed by atoms with Gasteiger partial charge in [0.25, 0.3) is 5.91 Å². The normalized spacial score (nSPS) is 12.2. The molecule has 0 heterocycles. The van der Waals surface area contributed by atoms with E-state index in [0.29, 0.717) is 23.5 Å². The second kappa shape index (κ2) is 10.7. The molecule has 0 bridgehead atoms. The third-order valence-corrected chi connectivity index (χ3v) is 4.41. The van der Waals surface area contributed by atoms with Crippen molar-refractivity contribution in [3.05, 3.63) is 65.2 Å². The predicted molar refractivity (Wildman–Crippen MR) is 107 cm³/mol. The molecule has 0 fully saturated rings. The molecule has 2 rings (SSSR count). The summed E-state index contributed by atoms with van der Waals surface area (Å²) in [5, 5.41) is 5.16. The molecule has 2 N–H and O–H groups in total. The summed E-state index contributed by atoms with van der Waals surface area (Å²) in [5.74, 6) is -0.189. The fourth-order valence-corrected chi connectivity index (χ4v) is 2.64. The average Bonchev–Trinajstić information content (AvgIpc) is 2.72. The van der Waals surface area contributed by atoms with Gasteiger partial charge in [0.1, 0.15) is 5.75 Å². The van der Waals surface area contributed by atoms with Gasteiger partial charge < -0.3 is 15.4 Å². The van der Waals surface area contributed by atoms with Gasteiger partial charge in [0.2, 0.25) is 5.91 Å². The molecule has 2 aromatic rings. The van der Waals surface area contributed by atoms with Crippen molar-refractivity contribution in [2.45, 2.75) is 38.9 Å². The number of hydrogen-bond acceptors (Lipinski definition) is 3. The second-order valence-electron chi connectivity index (χ2n) is 6.82. The van der Waals surface area contributed by atoms with E-state index in [-0.39, 0.29) is 6.54 Å². The van der Waals surface area contributed by atoms with Crippen LogP contribution in [0.1, 0.15) is 54.2 Å². The predicted octanol–water partition coefficient (Wildman–Crippen LogP) is 4.49. The van der Waals surface area contributed by atoms with Gasteiger partial charge in [-0.3, -0.25) is 9.59 Å². The molecule has 8 heteroatoms. The molecule has 0 aliphatic rings. The van der Waals surface area contributed by atoms with Crippen LogP contribution in [0.3, 0.4) is 0 Å². The maximum Gasteiger partial charge on any atom is 0.416 e. The summed E-state index contributed by atoms with van der Waals surface area (Å²) in [6.07, 6.45) is -2.43. The first-order chi connectivity index (χ1) is 14.2. The fraction of sp³-hybridized carbons (Fsp3) is 0.364. The summed E-state index contributed by atoms with van der Waals surface area (Å²) in [7, 11) is 0. The van der Waals surface area contributed by atoms with E-state index in [1.165, 1.54) is 12.1 Å². The van der Waals surface area contributed by atoms with Crippen LogP contribution in [0.4, 0.5) is 13.2 Å². The number of carbonyl (C=O) groups excluding carboxylic acids is 2. The monoisotopic (exact) mass is 422 g/mol. The topological polar surface area (TPSA) is 67.4 Å². The molecule has 0 saturated carbocycles. The highest BCUT2D eigenvalue weighted by Crippen LogP contribution is 2.29. The minimum Gasteiger partial charge on any atom is -0.494 e. The van der Waals surface area contributed by atoms with Crippen molar-refractivity contribution in [2.24, 2.45) is 0 Å². The minimum atomic E-state index is -4.41. The zero-order valence-corrected chi connectivity index (χ0v) is 16.9. The molecule has 0 aliphatic carbocycles. The molecule has 2 aromatic carbocycles. The molecule has 1 unspecified atom stereocenters. The van der Waals surface area contributed by atoms with Gasteiger partial charge in [-0.2, -0.15) is 13.2 Å². The molecule has 0 radical (unpaired) electrons. The minimum absolute atomic E-state index is 0.251. The van der Waals surface area contributed by atoms with Crippen LogP contribution in [0.2, 0.25) is 0 Å². The molecule has 0 spiro atoms. The lowest BCUT2D eigenvalue weighted by Gasteiger charge is -2.16. The lowest BCUT2D eigenvalue weighted by Crippen LogP contribution is -2.38. The molecule has 0 saturated heterocycles. The van der Waals surface area contributed by atoms with Crippen LogP contribution in [-0.2, 0) is 11.0 Å². The van der Waals surface area contributed by atoms with E-state index in [0.717, 1.165) is 25.0 Å². The molecule has 0 aromatic heterocycles. The van der Waals surface area contributed by atoms with Crippen molar-refractivity contribution in [3.8, 4) is 5.75 Å². The first-order valence-electron chi connectivity index (χ1n) is 9.68. The summed E-state index contributed by atoms with van der Waals surface area (Å²) in [6.45, 7) is 4.08. The molecule has 2 amide bonds. The Kier molecular flexibility index (Phi) is 8.26. The number of rotatable bonds is 9. The van der Waals surface area contributed by atoms with E-state index in [4.69, 9.17) is 4.74 Å². The molecule has 5 nitrogen and oxygen atoms in total. The number of hydrogen-bond donors (Lipinski definition) is 2. The number of alkyl halides is 3. The van der Waals surface area contributed by atoms with E-state index in [1.807, 2.05) is 0 Å². The summed E-state index contributed by atoms with van der Waals surface area (Å²) < 4.78 is 43.4. The summed E-state index contributed by atoms with van der Waals surface area (Å²) in [5.41, 5.74) is 0.168. The van der Waals surface area contributed by atoms with E-state index in [1.54, 1.807) is 31.2 Å². The Morgan fingerprint density at radius 2 is 1.67 bits per heavy atom. The van der Waals surface area contributed by atoms with Crippen LogP contribution in [0, 0.1) is 0 Å². The highest BCUT2D eigenvalue weighted by atomic mass is 19.4. The Hall–Kier alpha value is -3.03. The van der Waals surface area contributed by atoms with Crippen molar-refractivity contribution >= 4 is 11.8 Å². The molecular weight excluding hydrogens is 397 g/mol. The van der Waals surface area contributed by atoms with Gasteiger partial charge in [-0.25, -0.2) is 0 Å². The van der Waals surface area contributed by atoms with Gasteiger partial charge in [-0.15, -0.1) is 0 Å². The number of ether oxygens (including phenoxy) is 1. The molecular formula is C22H25F3N2O3. The van der Waals surface area contributed by atoms with Gasteiger partial charge in [-0.05, 0) is 55.3 Å². The molecule has 0 aliphatic heterocycles. The number of nitrogens with one attached hydrogen (secondary N) is 2. The third-order valence-electron chi connectivity index (χ3n) is 4.41. The number of benzene rings is 2. The first kappa shape index (κ1) is 23.3. The molecule has 30 heavy (non-hydrogen) atoms. The smallest absolute Gasteiger partial charge is 0.416 e. The number of amides is 2. The van der Waals surface area contributed by atoms with E-state index in [2.05, 4.69) is 17.6 Å². The van der Waals surface area contributed by atoms with Crippen molar-refractivity contribution in [2.75, 3.05) is 13.2 Å². The third kappa shape index (κ3) is 7.09. The highest BCUT2D eigenvalue weighted by Gasteiger charge is 2.30. The van der Waals surface area contributed by atoms with Crippen LogP contribution in [-0.4, -0.2) is 25.0 Å². The van der Waals surface area contributed by atoms with Crippen LogP contribution in [0.5, 0.6) is 5.75 Å². The maximum atomic E-state index is 12.6. The summed E-state index contributed by atoms with van der Waals surface area (Å²) >= 11 is 0. The summed E-state index contributed by atoms with van der Waals surface area (Å²) in [6, 6.07) is 10.7. The second-order valence-corrected chi connectivity index (χ2v) is 6.82. The van der Waals surface area contributed by atoms with Crippen molar-refractivity contribution in [1.82, 2.24) is 10.6 Å². The quantitative estimate of drug-likeness (QED) is 0.585. The lowest BCUT2D eigenvalue weighted by molar-refractivity contribution is -0.137. The maximum absolute atomic E-state index is 12.6. The van der Waals surface area contributed by atoms with Gasteiger partial charge in [-0.1, -0.05) is 25.5 Å². The molecule has 1 atom stereocenters. The largest absolute Gasteiger partial charge is 0.494 e. The Morgan fingerprint density at radius 1 is 1.03 bits per heavy atom. The van der Waals surface area contributed by atoms with Crippen LogP contribution < -0.4 is 15.4 Å². The number of halogens is 3. The number of unbranched alkanes of at least 4 members (excludes halogenated alkanes) is 1. The van der Waals surface area contributed by atoms with Crippen molar-refractivity contribution in [1.29, 1.82) is 0 Å². The van der Waals surface area contributed by atoms with Crippen LogP contribution >= 0.6 is 0 Å². The standard InChI is InChI=1S/C22H25F3N2O3/c1-3-4-13-30-19-11-7-17(8-12-19)21(29)26-14-20(28)27-15(2)16-5-9-18(10-6-16)22(23,24)25/h5-12,15H,3-4,13-14H2,1-2H3,(H,26,29)(H,27,28). The Balaban J connectivity index is 1.81. The highest BCUT2D eigenvalue weighted by molar-refractivity contribution is 5.96. The number of carbonyl (C=O) groups is 2. The SMILES string of the molecule is CCCCOc1ccc(C(=O)NCC(=O)NC(C)c2ccc(C(F)(F)F)cc2)cc1. The first-order valence-corrected chi connectivity index (χ1v) is 9.68. The van der Waals surface area contributed by atoms with Gasteiger partial charge >= 0.3 is 6.18 Å².